The predicted octanol–water partition coefficient (Wildman–Crippen LogP) is 3.34. The van der Waals surface area contributed by atoms with Crippen molar-refractivity contribution < 1.29 is 9.90 Å². The largest absolute Gasteiger partial charge is 0.507 e. The number of aromatic hydroxyl groups is 1. The lowest BCUT2D eigenvalue weighted by molar-refractivity contribution is -0.109. The van der Waals surface area contributed by atoms with Crippen LogP contribution in [-0.4, -0.2) is 16.0 Å². The summed E-state index contributed by atoms with van der Waals surface area (Å²) in [4.78, 5) is 10.6. The molecule has 0 atom stereocenters. The highest BCUT2D eigenvalue weighted by atomic mass is 35.5. The fraction of sp³-hybridized carbons (Fsp3) is 0.182. The molecule has 0 radical (unpaired) electrons. The first-order chi connectivity index (χ1) is 7.11. The third-order valence-electron chi connectivity index (χ3n) is 1.70. The standard InChI is InChI=1S/C11H11ClO2S/c1-8(13)15-7-3-4-9-10(12)5-2-6-11(9)14/h2-6,14H,7H2,1H3. The molecule has 0 aliphatic carbocycles. The number of rotatable bonds is 3. The van der Waals surface area contributed by atoms with Gasteiger partial charge in [-0.2, -0.15) is 0 Å². The Balaban J connectivity index is 2.67. The van der Waals surface area contributed by atoms with Crippen molar-refractivity contribution in [1.82, 2.24) is 0 Å². The van der Waals surface area contributed by atoms with E-state index in [9.17, 15) is 9.90 Å². The SMILES string of the molecule is CC(=O)SCC=Cc1c(O)cccc1Cl. The van der Waals surface area contributed by atoms with E-state index in [0.717, 1.165) is 0 Å². The number of carbonyl (C=O) groups excluding carboxylic acids is 1. The summed E-state index contributed by atoms with van der Waals surface area (Å²) in [5, 5.41) is 10.1. The average molecular weight is 243 g/mol. The first-order valence-corrected chi connectivity index (χ1v) is 5.75. The maximum absolute atomic E-state index is 10.6. The van der Waals surface area contributed by atoms with Crippen LogP contribution in [0.3, 0.4) is 0 Å². The lowest BCUT2D eigenvalue weighted by Crippen LogP contribution is -1.82. The van der Waals surface area contributed by atoms with Gasteiger partial charge in [0.1, 0.15) is 5.75 Å². The smallest absolute Gasteiger partial charge is 0.186 e. The van der Waals surface area contributed by atoms with Crippen LogP contribution in [0.1, 0.15) is 12.5 Å². The Morgan fingerprint density at radius 2 is 2.33 bits per heavy atom. The molecule has 0 unspecified atom stereocenters. The second-order valence-electron chi connectivity index (χ2n) is 2.88. The van der Waals surface area contributed by atoms with Gasteiger partial charge in [-0.05, 0) is 12.1 Å². The summed E-state index contributed by atoms with van der Waals surface area (Å²) in [6, 6.07) is 4.96. The van der Waals surface area contributed by atoms with Gasteiger partial charge < -0.3 is 5.11 Å². The van der Waals surface area contributed by atoms with Gasteiger partial charge in [-0.3, -0.25) is 4.79 Å². The fourth-order valence-electron chi connectivity index (χ4n) is 1.02. The van der Waals surface area contributed by atoms with Gasteiger partial charge in [0.05, 0.1) is 5.02 Å². The minimum atomic E-state index is 0.0723. The highest BCUT2D eigenvalue weighted by Crippen LogP contribution is 2.26. The van der Waals surface area contributed by atoms with E-state index in [0.29, 0.717) is 16.3 Å². The first kappa shape index (κ1) is 12.1. The average Bonchev–Trinajstić information content (AvgIpc) is 2.15. The lowest BCUT2D eigenvalue weighted by atomic mass is 10.2. The van der Waals surface area contributed by atoms with Crippen LogP contribution < -0.4 is 0 Å². The van der Waals surface area contributed by atoms with Crippen molar-refractivity contribution in [2.24, 2.45) is 0 Å². The van der Waals surface area contributed by atoms with E-state index in [1.165, 1.54) is 18.7 Å². The molecule has 80 valence electrons. The zero-order valence-corrected chi connectivity index (χ0v) is 9.81. The Morgan fingerprint density at radius 1 is 1.60 bits per heavy atom. The van der Waals surface area contributed by atoms with Crippen LogP contribution in [0, 0.1) is 0 Å². The normalized spacial score (nSPS) is 10.8. The van der Waals surface area contributed by atoms with E-state index in [1.807, 2.05) is 0 Å². The molecule has 2 nitrogen and oxygen atoms in total. The van der Waals surface area contributed by atoms with E-state index < -0.39 is 0 Å². The van der Waals surface area contributed by atoms with Gasteiger partial charge in [0, 0.05) is 18.2 Å². The number of halogens is 1. The number of thioether (sulfide) groups is 1. The van der Waals surface area contributed by atoms with E-state index in [2.05, 4.69) is 0 Å². The van der Waals surface area contributed by atoms with Crippen molar-refractivity contribution in [3.63, 3.8) is 0 Å². The first-order valence-electron chi connectivity index (χ1n) is 4.38. The number of phenolic OH excluding ortho intramolecular Hbond substituents is 1. The maximum Gasteiger partial charge on any atom is 0.186 e. The number of hydrogen-bond donors (Lipinski definition) is 1. The molecule has 0 fully saturated rings. The van der Waals surface area contributed by atoms with E-state index in [-0.39, 0.29) is 10.9 Å². The molecule has 1 aromatic carbocycles. The molecule has 0 aliphatic rings. The molecule has 4 heteroatoms. The van der Waals surface area contributed by atoms with Gasteiger partial charge in [-0.25, -0.2) is 0 Å². The molecule has 1 rings (SSSR count). The Morgan fingerprint density at radius 3 is 2.93 bits per heavy atom. The molecule has 0 saturated carbocycles. The zero-order valence-electron chi connectivity index (χ0n) is 8.24. The van der Waals surface area contributed by atoms with Gasteiger partial charge in [-0.1, -0.05) is 41.6 Å². The van der Waals surface area contributed by atoms with Crippen LogP contribution in [0.15, 0.2) is 24.3 Å². The quantitative estimate of drug-likeness (QED) is 0.883. The summed E-state index contributed by atoms with van der Waals surface area (Å²) in [6.07, 6.45) is 3.51. The molecule has 0 spiro atoms. The van der Waals surface area contributed by atoms with Crippen molar-refractivity contribution in [3.05, 3.63) is 34.9 Å². The summed E-state index contributed by atoms with van der Waals surface area (Å²) in [5.41, 5.74) is 0.586. The van der Waals surface area contributed by atoms with Gasteiger partial charge in [0.25, 0.3) is 0 Å². The summed E-state index contributed by atoms with van der Waals surface area (Å²) in [7, 11) is 0. The molecule has 0 aliphatic heterocycles. The predicted molar refractivity (Wildman–Crippen MR) is 65.3 cm³/mol. The van der Waals surface area contributed by atoms with Crippen molar-refractivity contribution in [3.8, 4) is 5.75 Å². The van der Waals surface area contributed by atoms with Crippen LogP contribution in [0.2, 0.25) is 5.02 Å². The number of benzene rings is 1. The minimum absolute atomic E-state index is 0.0723. The van der Waals surface area contributed by atoms with Gasteiger partial charge >= 0.3 is 0 Å². The van der Waals surface area contributed by atoms with Crippen LogP contribution in [0.4, 0.5) is 0 Å². The number of carbonyl (C=O) groups is 1. The van der Waals surface area contributed by atoms with Crippen molar-refractivity contribution in [1.29, 1.82) is 0 Å². The highest BCUT2D eigenvalue weighted by molar-refractivity contribution is 8.13. The molecule has 0 amide bonds. The molecule has 0 heterocycles. The number of hydrogen-bond acceptors (Lipinski definition) is 3. The Bertz CT molecular complexity index is 368. The fourth-order valence-corrected chi connectivity index (χ4v) is 1.68. The highest BCUT2D eigenvalue weighted by Gasteiger charge is 2.01. The Kier molecular flexibility index (Phi) is 4.72. The molecular formula is C11H11ClO2S. The van der Waals surface area contributed by atoms with Crippen LogP contribution in [-0.2, 0) is 4.79 Å². The van der Waals surface area contributed by atoms with E-state index in [1.54, 1.807) is 30.4 Å². The lowest BCUT2D eigenvalue weighted by Gasteiger charge is -2.00. The molecule has 1 N–H and O–H groups in total. The summed E-state index contributed by atoms with van der Waals surface area (Å²) < 4.78 is 0. The summed E-state index contributed by atoms with van der Waals surface area (Å²) >= 11 is 7.10. The Labute approximate surface area is 97.9 Å². The van der Waals surface area contributed by atoms with Crippen molar-refractivity contribution in [2.75, 3.05) is 5.75 Å². The monoisotopic (exact) mass is 242 g/mol. The van der Waals surface area contributed by atoms with Crippen molar-refractivity contribution >= 4 is 34.6 Å². The molecule has 0 saturated heterocycles. The molecule has 0 aromatic heterocycles. The van der Waals surface area contributed by atoms with Crippen molar-refractivity contribution in [2.45, 2.75) is 6.92 Å². The van der Waals surface area contributed by atoms with Crippen LogP contribution in [0.25, 0.3) is 6.08 Å². The van der Waals surface area contributed by atoms with Gasteiger partial charge in [-0.15, -0.1) is 0 Å². The molecule has 1 aromatic rings. The number of phenols is 1. The van der Waals surface area contributed by atoms with Crippen LogP contribution >= 0.6 is 23.4 Å². The third kappa shape index (κ3) is 3.98. The second kappa shape index (κ2) is 5.83. The third-order valence-corrected chi connectivity index (χ3v) is 2.79. The summed E-state index contributed by atoms with van der Waals surface area (Å²) in [6.45, 7) is 1.52. The topological polar surface area (TPSA) is 37.3 Å². The second-order valence-corrected chi connectivity index (χ2v) is 4.48. The maximum atomic E-state index is 10.6. The van der Waals surface area contributed by atoms with Gasteiger partial charge in [0.2, 0.25) is 0 Å². The minimum Gasteiger partial charge on any atom is -0.507 e. The molecular weight excluding hydrogens is 232 g/mol. The Hall–Kier alpha value is -0.930. The van der Waals surface area contributed by atoms with E-state index >= 15 is 0 Å². The molecule has 0 bridgehead atoms. The summed E-state index contributed by atoms with van der Waals surface area (Å²) in [5.74, 6) is 0.728. The van der Waals surface area contributed by atoms with Crippen LogP contribution in [0.5, 0.6) is 5.75 Å². The van der Waals surface area contributed by atoms with E-state index in [4.69, 9.17) is 11.6 Å². The molecule has 15 heavy (non-hydrogen) atoms. The zero-order chi connectivity index (χ0) is 11.3. The van der Waals surface area contributed by atoms with Gasteiger partial charge in [0.15, 0.2) is 5.12 Å².